The number of carbonyl (C=O) groups is 2. The van der Waals surface area contributed by atoms with Crippen LogP contribution in [0.4, 0.5) is 13.2 Å². The first-order valence-corrected chi connectivity index (χ1v) is 5.90. The minimum Gasteiger partial charge on any atom is -0.385 e. The Bertz CT molecular complexity index is 311. The second kappa shape index (κ2) is 9.54. The molecule has 0 unspecified atom stereocenters. The molecule has 20 heavy (non-hydrogen) atoms. The van der Waals surface area contributed by atoms with Gasteiger partial charge in [0.05, 0.1) is 6.54 Å². The first-order chi connectivity index (χ1) is 9.26. The Balaban J connectivity index is 3.80. The highest BCUT2D eigenvalue weighted by atomic mass is 19.4. The molecular formula is C11H19F3N2O4. The number of ether oxygens (including phenoxy) is 2. The van der Waals surface area contributed by atoms with Crippen LogP contribution in [0.15, 0.2) is 0 Å². The number of carbonyl (C=O) groups excluding carboxylic acids is 2. The molecule has 0 aliphatic carbocycles. The van der Waals surface area contributed by atoms with Crippen molar-refractivity contribution >= 4 is 11.8 Å². The third-order valence-corrected chi connectivity index (χ3v) is 2.15. The van der Waals surface area contributed by atoms with E-state index in [2.05, 4.69) is 10.1 Å². The van der Waals surface area contributed by atoms with Crippen LogP contribution in [-0.2, 0) is 19.1 Å². The van der Waals surface area contributed by atoms with Crippen molar-refractivity contribution in [2.75, 3.05) is 47.1 Å². The highest BCUT2D eigenvalue weighted by Gasteiger charge is 2.28. The van der Waals surface area contributed by atoms with Crippen LogP contribution in [0.5, 0.6) is 0 Å². The van der Waals surface area contributed by atoms with Crippen LogP contribution < -0.4 is 5.32 Å². The summed E-state index contributed by atoms with van der Waals surface area (Å²) in [6.45, 7) is -1.54. The molecule has 0 aliphatic heterocycles. The number of rotatable bonds is 9. The van der Waals surface area contributed by atoms with Gasteiger partial charge in [0.25, 0.3) is 0 Å². The smallest absolute Gasteiger partial charge is 0.385 e. The van der Waals surface area contributed by atoms with Gasteiger partial charge < -0.3 is 19.7 Å². The Hall–Kier alpha value is -1.35. The maximum atomic E-state index is 11.8. The third kappa shape index (κ3) is 10.6. The molecule has 0 atom stereocenters. The predicted molar refractivity (Wildman–Crippen MR) is 64.0 cm³/mol. The highest BCUT2D eigenvalue weighted by Crippen LogP contribution is 2.14. The van der Waals surface area contributed by atoms with E-state index in [1.165, 1.54) is 14.2 Å². The van der Waals surface area contributed by atoms with E-state index in [4.69, 9.17) is 4.74 Å². The molecule has 0 saturated carbocycles. The fourth-order valence-electron chi connectivity index (χ4n) is 1.17. The molecule has 0 aromatic carbocycles. The van der Waals surface area contributed by atoms with Gasteiger partial charge in [0.1, 0.15) is 13.2 Å². The number of nitrogens with zero attached hydrogens (tertiary/aromatic N) is 1. The van der Waals surface area contributed by atoms with Crippen molar-refractivity contribution in [1.82, 2.24) is 10.2 Å². The second-order valence-corrected chi connectivity index (χ2v) is 4.05. The molecule has 0 rings (SSSR count). The van der Waals surface area contributed by atoms with Crippen LogP contribution >= 0.6 is 0 Å². The average molecular weight is 300 g/mol. The summed E-state index contributed by atoms with van der Waals surface area (Å²) in [5, 5.41) is 2.55. The number of hydrogen-bond donors (Lipinski definition) is 1. The van der Waals surface area contributed by atoms with Gasteiger partial charge in [-0.2, -0.15) is 13.2 Å². The van der Waals surface area contributed by atoms with Gasteiger partial charge in [-0.25, -0.2) is 0 Å². The minimum atomic E-state index is -4.47. The van der Waals surface area contributed by atoms with E-state index < -0.39 is 31.2 Å². The lowest BCUT2D eigenvalue weighted by Gasteiger charge is -2.17. The van der Waals surface area contributed by atoms with Crippen molar-refractivity contribution in [2.24, 2.45) is 0 Å². The first kappa shape index (κ1) is 18.7. The van der Waals surface area contributed by atoms with Crippen LogP contribution in [0.3, 0.4) is 0 Å². The van der Waals surface area contributed by atoms with Gasteiger partial charge >= 0.3 is 6.18 Å². The van der Waals surface area contributed by atoms with Crippen molar-refractivity contribution in [3.05, 3.63) is 0 Å². The Morgan fingerprint density at radius 1 is 1.30 bits per heavy atom. The molecule has 0 aliphatic rings. The molecule has 0 fully saturated rings. The Morgan fingerprint density at radius 2 is 1.95 bits per heavy atom. The molecule has 0 spiro atoms. The fourth-order valence-corrected chi connectivity index (χ4v) is 1.17. The standard InChI is InChI=1S/C11H19F3N2O4/c1-16(6-9(17)15-4-3-5-19-2)10(18)7-20-8-11(12,13)14/h3-8H2,1-2H3,(H,15,17). The molecule has 2 amide bonds. The minimum absolute atomic E-state index is 0.235. The number of likely N-dealkylation sites (N-methyl/N-ethyl adjacent to an activating group) is 1. The molecule has 118 valence electrons. The number of nitrogens with one attached hydrogen (secondary N) is 1. The summed E-state index contributed by atoms with van der Waals surface area (Å²) in [5.74, 6) is -1.09. The number of amides is 2. The van der Waals surface area contributed by atoms with Crippen molar-refractivity contribution in [1.29, 1.82) is 0 Å². The van der Waals surface area contributed by atoms with Gasteiger partial charge in [0, 0.05) is 27.3 Å². The molecule has 0 aromatic heterocycles. The van der Waals surface area contributed by atoms with E-state index in [0.29, 0.717) is 19.6 Å². The normalized spacial score (nSPS) is 11.2. The van der Waals surface area contributed by atoms with Crippen LogP contribution in [0, 0.1) is 0 Å². The predicted octanol–water partition coefficient (Wildman–Crippen LogP) is 0.176. The summed E-state index contributed by atoms with van der Waals surface area (Å²) in [4.78, 5) is 23.8. The quantitative estimate of drug-likeness (QED) is 0.617. The van der Waals surface area contributed by atoms with Gasteiger partial charge in [-0.1, -0.05) is 0 Å². The van der Waals surface area contributed by atoms with Crippen molar-refractivity contribution in [3.63, 3.8) is 0 Å². The van der Waals surface area contributed by atoms with E-state index >= 15 is 0 Å². The number of halogens is 3. The van der Waals surface area contributed by atoms with Crippen LogP contribution in [0.1, 0.15) is 6.42 Å². The summed E-state index contributed by atoms with van der Waals surface area (Å²) in [6.07, 6.45) is -3.84. The number of hydrogen-bond acceptors (Lipinski definition) is 4. The monoisotopic (exact) mass is 300 g/mol. The molecular weight excluding hydrogens is 281 g/mol. The topological polar surface area (TPSA) is 67.9 Å². The number of alkyl halides is 3. The largest absolute Gasteiger partial charge is 0.411 e. The second-order valence-electron chi connectivity index (χ2n) is 4.05. The van der Waals surface area contributed by atoms with Gasteiger partial charge in [-0.3, -0.25) is 9.59 Å². The summed E-state index contributed by atoms with van der Waals surface area (Å²) < 4.78 is 44.4. The third-order valence-electron chi connectivity index (χ3n) is 2.15. The molecule has 0 heterocycles. The zero-order valence-electron chi connectivity index (χ0n) is 11.5. The molecule has 0 bridgehead atoms. The number of methoxy groups -OCH3 is 1. The molecule has 0 saturated heterocycles. The zero-order valence-corrected chi connectivity index (χ0v) is 11.5. The van der Waals surface area contributed by atoms with E-state index in [-0.39, 0.29) is 6.54 Å². The fraction of sp³-hybridized carbons (Fsp3) is 0.818. The highest BCUT2D eigenvalue weighted by molar-refractivity contribution is 5.85. The lowest BCUT2D eigenvalue weighted by atomic mass is 10.4. The maximum Gasteiger partial charge on any atom is 0.411 e. The van der Waals surface area contributed by atoms with Crippen LogP contribution in [-0.4, -0.2) is 70.0 Å². The molecule has 0 aromatic rings. The molecule has 9 heteroatoms. The molecule has 6 nitrogen and oxygen atoms in total. The van der Waals surface area contributed by atoms with E-state index in [1.807, 2.05) is 0 Å². The van der Waals surface area contributed by atoms with E-state index in [9.17, 15) is 22.8 Å². The Kier molecular flexibility index (Phi) is 8.89. The van der Waals surface area contributed by atoms with E-state index in [1.54, 1.807) is 0 Å². The van der Waals surface area contributed by atoms with E-state index in [0.717, 1.165) is 4.90 Å². The Morgan fingerprint density at radius 3 is 2.50 bits per heavy atom. The van der Waals surface area contributed by atoms with Crippen molar-refractivity contribution in [2.45, 2.75) is 12.6 Å². The summed E-state index contributed by atoms with van der Waals surface area (Å²) in [6, 6.07) is 0. The first-order valence-electron chi connectivity index (χ1n) is 5.90. The van der Waals surface area contributed by atoms with Gasteiger partial charge in [0.2, 0.25) is 11.8 Å². The van der Waals surface area contributed by atoms with Crippen molar-refractivity contribution < 1.29 is 32.2 Å². The summed E-state index contributed by atoms with van der Waals surface area (Å²) >= 11 is 0. The van der Waals surface area contributed by atoms with Gasteiger partial charge in [-0.15, -0.1) is 0 Å². The molecule has 1 N–H and O–H groups in total. The van der Waals surface area contributed by atoms with Crippen LogP contribution in [0.25, 0.3) is 0 Å². The molecule has 0 radical (unpaired) electrons. The van der Waals surface area contributed by atoms with Crippen LogP contribution in [0.2, 0.25) is 0 Å². The zero-order chi connectivity index (χ0) is 15.6. The lowest BCUT2D eigenvalue weighted by Crippen LogP contribution is -2.40. The Labute approximate surface area is 115 Å². The summed E-state index contributed by atoms with van der Waals surface area (Å²) in [5.41, 5.74) is 0. The summed E-state index contributed by atoms with van der Waals surface area (Å²) in [7, 11) is 2.85. The average Bonchev–Trinajstić information content (AvgIpc) is 2.32. The SMILES string of the molecule is COCCCNC(=O)CN(C)C(=O)COCC(F)(F)F. The van der Waals surface area contributed by atoms with Gasteiger partial charge in [-0.05, 0) is 6.42 Å². The van der Waals surface area contributed by atoms with Crippen molar-refractivity contribution in [3.8, 4) is 0 Å². The maximum absolute atomic E-state index is 11.8. The lowest BCUT2D eigenvalue weighted by molar-refractivity contribution is -0.177. The van der Waals surface area contributed by atoms with Gasteiger partial charge in [0.15, 0.2) is 0 Å².